The van der Waals surface area contributed by atoms with E-state index in [0.717, 1.165) is 56.6 Å². The molecule has 7 heteroatoms. The van der Waals surface area contributed by atoms with Crippen LogP contribution in [-0.4, -0.2) is 57.8 Å². The van der Waals surface area contributed by atoms with Gasteiger partial charge in [-0.2, -0.15) is 0 Å². The van der Waals surface area contributed by atoms with Gasteiger partial charge in [-0.25, -0.2) is 0 Å². The van der Waals surface area contributed by atoms with Crippen molar-refractivity contribution in [2.24, 2.45) is 23.7 Å². The molecular formula is C35H45N3O2S2. The molecule has 4 bridgehead atoms. The van der Waals surface area contributed by atoms with E-state index in [1.165, 1.54) is 101 Å². The Morgan fingerprint density at radius 2 is 1.76 bits per heavy atom. The average molecular weight is 604 g/mol. The number of thiocarbonyl (C=S) groups is 1. The molecule has 8 rings (SSSR count). The molecule has 1 aromatic carbocycles. The topological polar surface area (TPSA) is 48.6 Å². The second kappa shape index (κ2) is 12.5. The summed E-state index contributed by atoms with van der Waals surface area (Å²) in [7, 11) is 1.71. The number of hydrogen-bond donors (Lipinski definition) is 1. The van der Waals surface area contributed by atoms with Gasteiger partial charge in [0.1, 0.15) is 10.1 Å². The number of aromatic amines is 1. The minimum atomic E-state index is 0.132. The molecule has 2 aliphatic heterocycles. The Bertz CT molecular complexity index is 1320. The predicted octanol–water partition coefficient (Wildman–Crippen LogP) is 7.91. The molecule has 42 heavy (non-hydrogen) atoms. The van der Waals surface area contributed by atoms with E-state index >= 15 is 0 Å². The van der Waals surface area contributed by atoms with Crippen molar-refractivity contribution in [1.82, 2.24) is 14.8 Å². The number of ether oxygens (including phenoxy) is 1. The zero-order valence-corrected chi connectivity index (χ0v) is 26.6. The maximum Gasteiger partial charge on any atom is 0.266 e. The number of unbranched alkanes of at least 4 members (excludes halogenated alkanes) is 2. The van der Waals surface area contributed by atoms with Crippen molar-refractivity contribution < 1.29 is 9.53 Å². The highest BCUT2D eigenvalue weighted by Crippen LogP contribution is 2.56. The molecule has 6 aliphatic rings. The van der Waals surface area contributed by atoms with Crippen LogP contribution in [0.3, 0.4) is 0 Å². The Hall–Kier alpha value is -2.09. The number of carbonyl (C=O) groups excluding carboxylic acids is 1. The lowest BCUT2D eigenvalue weighted by Crippen LogP contribution is -2.57. The number of amides is 1. The highest BCUT2D eigenvalue weighted by molar-refractivity contribution is 8.26. The van der Waals surface area contributed by atoms with Crippen molar-refractivity contribution in [3.8, 4) is 17.0 Å². The number of likely N-dealkylation sites (tertiary alicyclic amines) is 1. The molecule has 1 aromatic heterocycles. The first-order valence-corrected chi connectivity index (χ1v) is 17.6. The van der Waals surface area contributed by atoms with E-state index in [2.05, 4.69) is 34.2 Å². The van der Waals surface area contributed by atoms with Gasteiger partial charge in [0.25, 0.3) is 5.91 Å². The lowest BCUT2D eigenvalue weighted by atomic mass is 9.54. The van der Waals surface area contributed by atoms with Gasteiger partial charge >= 0.3 is 0 Å². The number of H-pyrrole nitrogens is 1. The van der Waals surface area contributed by atoms with Gasteiger partial charge in [0.2, 0.25) is 0 Å². The lowest BCUT2D eigenvalue weighted by molar-refractivity contribution is -0.130. The van der Waals surface area contributed by atoms with E-state index < -0.39 is 0 Å². The number of benzene rings is 1. The zero-order chi connectivity index (χ0) is 28.6. The maximum atomic E-state index is 14.0. The number of aromatic nitrogens is 1. The third-order valence-electron chi connectivity index (χ3n) is 10.8. The van der Waals surface area contributed by atoms with E-state index in [0.29, 0.717) is 17.9 Å². The summed E-state index contributed by atoms with van der Waals surface area (Å²) in [5, 5.41) is 0. The van der Waals surface area contributed by atoms with Crippen molar-refractivity contribution in [1.29, 1.82) is 0 Å². The van der Waals surface area contributed by atoms with Crippen molar-refractivity contribution in [3.63, 3.8) is 0 Å². The minimum absolute atomic E-state index is 0.132. The number of thioether (sulfide) groups is 1. The zero-order valence-electron chi connectivity index (χ0n) is 25.0. The minimum Gasteiger partial charge on any atom is -0.497 e. The largest absolute Gasteiger partial charge is 0.497 e. The van der Waals surface area contributed by atoms with Crippen molar-refractivity contribution >= 4 is 40.3 Å². The summed E-state index contributed by atoms with van der Waals surface area (Å²) in [5.74, 6) is 4.01. The molecule has 2 saturated heterocycles. The molecule has 224 valence electrons. The quantitative estimate of drug-likeness (QED) is 0.170. The fraction of sp³-hybridized carbons (Fsp3) is 0.600. The number of hydrogen-bond acceptors (Lipinski definition) is 5. The Kier molecular flexibility index (Phi) is 8.53. The van der Waals surface area contributed by atoms with Crippen LogP contribution in [0.5, 0.6) is 5.75 Å². The smallest absolute Gasteiger partial charge is 0.266 e. The van der Waals surface area contributed by atoms with E-state index in [4.69, 9.17) is 17.0 Å². The van der Waals surface area contributed by atoms with E-state index in [9.17, 15) is 4.79 Å². The van der Waals surface area contributed by atoms with Crippen LogP contribution in [-0.2, 0) is 11.2 Å². The monoisotopic (exact) mass is 603 g/mol. The Morgan fingerprint density at radius 3 is 2.50 bits per heavy atom. The molecule has 4 saturated carbocycles. The molecule has 0 atom stereocenters. The van der Waals surface area contributed by atoms with E-state index in [-0.39, 0.29) is 5.91 Å². The van der Waals surface area contributed by atoms with Gasteiger partial charge in [-0.15, -0.1) is 0 Å². The van der Waals surface area contributed by atoms with Gasteiger partial charge in [0, 0.05) is 23.0 Å². The van der Waals surface area contributed by atoms with Crippen LogP contribution in [0, 0.1) is 23.7 Å². The van der Waals surface area contributed by atoms with Crippen LogP contribution >= 0.6 is 24.0 Å². The summed E-state index contributed by atoms with van der Waals surface area (Å²) in [6.07, 6.45) is 17.4. The summed E-state index contributed by atoms with van der Waals surface area (Å²) in [5.41, 5.74) is 4.50. The Balaban J connectivity index is 1.09. The summed E-state index contributed by atoms with van der Waals surface area (Å²) in [6.45, 7) is 3.77. The number of piperidine rings is 1. The molecule has 0 radical (unpaired) electrons. The molecule has 2 aromatic rings. The Labute approximate surface area is 260 Å². The standard InChI is InChI=1S/C35H45N3O2S2/c1-40-29-11-8-10-25(20-29)30-21-26(9-4-2-5-12-37-13-6-3-7-14-37)31(36-30)22-32-34(39)38(35(41)42-32)33-27-16-23-15-24(18-27)19-28(33)17-23/h8,10-11,20-24,27-28,33,36H,2-7,9,12-19H2,1H3/b32-22-. The summed E-state index contributed by atoms with van der Waals surface area (Å²) >= 11 is 7.42. The highest BCUT2D eigenvalue weighted by Gasteiger charge is 2.53. The summed E-state index contributed by atoms with van der Waals surface area (Å²) in [6, 6.07) is 10.8. The summed E-state index contributed by atoms with van der Waals surface area (Å²) < 4.78 is 6.27. The first-order chi connectivity index (χ1) is 20.6. The number of aryl methyl sites for hydroxylation is 1. The molecule has 5 nitrogen and oxygen atoms in total. The first-order valence-electron chi connectivity index (χ1n) is 16.4. The van der Waals surface area contributed by atoms with Crippen molar-refractivity contribution in [2.45, 2.75) is 83.1 Å². The van der Waals surface area contributed by atoms with E-state index in [1.54, 1.807) is 7.11 Å². The van der Waals surface area contributed by atoms with Gasteiger partial charge in [0.15, 0.2) is 0 Å². The van der Waals surface area contributed by atoms with Gasteiger partial charge in [-0.05, 0) is 137 Å². The van der Waals surface area contributed by atoms with Crippen LogP contribution in [0.15, 0.2) is 35.2 Å². The molecular weight excluding hydrogens is 559 g/mol. The molecule has 0 unspecified atom stereocenters. The SMILES string of the molecule is COc1cccc(-c2cc(CCCCCN3CCCCC3)c(/C=C3\SC(=S)N(C4C5CC6CC(C5)CC4C6)C3=O)[nH]2)c1. The highest BCUT2D eigenvalue weighted by atomic mass is 32.2. The fourth-order valence-electron chi connectivity index (χ4n) is 8.99. The van der Waals surface area contributed by atoms with Gasteiger partial charge in [0.05, 0.1) is 12.0 Å². The van der Waals surface area contributed by atoms with Crippen LogP contribution < -0.4 is 4.74 Å². The molecule has 3 heterocycles. The van der Waals surface area contributed by atoms with Gasteiger partial charge < -0.3 is 14.6 Å². The molecule has 0 spiro atoms. The van der Waals surface area contributed by atoms with Crippen molar-refractivity contribution in [2.75, 3.05) is 26.7 Å². The van der Waals surface area contributed by atoms with Crippen LogP contribution in [0.1, 0.15) is 81.9 Å². The third-order valence-corrected chi connectivity index (χ3v) is 12.1. The number of methoxy groups -OCH3 is 1. The second-order valence-corrected chi connectivity index (χ2v) is 15.2. The normalized spacial score (nSPS) is 30.2. The second-order valence-electron chi connectivity index (χ2n) is 13.5. The van der Waals surface area contributed by atoms with Crippen LogP contribution in [0.2, 0.25) is 0 Å². The first kappa shape index (κ1) is 28.7. The van der Waals surface area contributed by atoms with E-state index in [1.807, 2.05) is 17.0 Å². The molecule has 1 N–H and O–H groups in total. The van der Waals surface area contributed by atoms with Crippen LogP contribution in [0.4, 0.5) is 0 Å². The predicted molar refractivity (Wildman–Crippen MR) is 176 cm³/mol. The maximum absolute atomic E-state index is 14.0. The Morgan fingerprint density at radius 1 is 1.00 bits per heavy atom. The number of carbonyl (C=O) groups is 1. The molecule has 1 amide bonds. The van der Waals surface area contributed by atoms with Crippen LogP contribution in [0.25, 0.3) is 17.3 Å². The number of rotatable bonds is 10. The lowest BCUT2D eigenvalue weighted by Gasteiger charge is -2.56. The molecule has 6 fully saturated rings. The number of nitrogens with one attached hydrogen (secondary N) is 1. The number of nitrogens with zero attached hydrogens (tertiary/aromatic N) is 2. The van der Waals surface area contributed by atoms with Crippen molar-refractivity contribution in [3.05, 3.63) is 46.5 Å². The molecule has 4 aliphatic carbocycles. The average Bonchev–Trinajstić information content (AvgIpc) is 3.52. The summed E-state index contributed by atoms with van der Waals surface area (Å²) in [4.78, 5) is 23.1. The fourth-order valence-corrected chi connectivity index (χ4v) is 10.3. The van der Waals surface area contributed by atoms with Gasteiger partial charge in [-0.1, -0.05) is 49.0 Å². The van der Waals surface area contributed by atoms with Gasteiger partial charge in [-0.3, -0.25) is 9.69 Å². The third kappa shape index (κ3) is 5.86.